The van der Waals surface area contributed by atoms with Gasteiger partial charge in [0, 0.05) is 57.6 Å². The number of nitrogens with zero attached hydrogens (tertiary/aromatic N) is 4. The number of aromatic nitrogens is 1. The third-order valence-corrected chi connectivity index (χ3v) is 9.56. The van der Waals surface area contributed by atoms with Crippen LogP contribution < -0.4 is 15.4 Å². The van der Waals surface area contributed by atoms with Crippen LogP contribution in [0.1, 0.15) is 40.7 Å². The van der Waals surface area contributed by atoms with Gasteiger partial charge in [0.1, 0.15) is 18.4 Å². The van der Waals surface area contributed by atoms with Gasteiger partial charge in [-0.3, -0.25) is 29.0 Å². The van der Waals surface area contributed by atoms with Crippen LogP contribution in [0.3, 0.4) is 0 Å². The molecule has 5 amide bonds. The molecule has 0 saturated carbocycles. The average Bonchev–Trinajstić information content (AvgIpc) is 3.55. The van der Waals surface area contributed by atoms with Crippen molar-refractivity contribution in [1.29, 1.82) is 0 Å². The van der Waals surface area contributed by atoms with Crippen molar-refractivity contribution in [2.24, 2.45) is 0 Å². The van der Waals surface area contributed by atoms with Crippen LogP contribution in [0.2, 0.25) is 0 Å². The predicted octanol–water partition coefficient (Wildman–Crippen LogP) is 2.95. The highest BCUT2D eigenvalue weighted by Gasteiger charge is 2.37. The zero-order valence-corrected chi connectivity index (χ0v) is 28.8. The Morgan fingerprint density at radius 1 is 0.882 bits per heavy atom. The topological polar surface area (TPSA) is 141 Å². The molecule has 0 unspecified atom stereocenters. The Balaban J connectivity index is 1.15. The number of ether oxygens (including phenoxy) is 1. The molecule has 12 nitrogen and oxygen atoms in total. The van der Waals surface area contributed by atoms with Gasteiger partial charge < -0.3 is 30.1 Å². The van der Waals surface area contributed by atoms with Gasteiger partial charge in [0.15, 0.2) is 0 Å². The lowest BCUT2D eigenvalue weighted by atomic mass is 10.0. The van der Waals surface area contributed by atoms with Crippen molar-refractivity contribution < 1.29 is 28.7 Å². The molecule has 1 aromatic heterocycles. The van der Waals surface area contributed by atoms with Gasteiger partial charge in [0.05, 0.1) is 19.0 Å². The Kier molecular flexibility index (Phi) is 10.9. The SMILES string of the molecule is CN1CC(=O)N2C[C@H](NC(=O)Cc3ccc4ccccc4c3)C[C@H]2COc2ccc(cc2)C(=O)N(C)[C@H](C(=O)NCc2ccncc2)CCC1=O. The van der Waals surface area contributed by atoms with Gasteiger partial charge in [0.2, 0.25) is 23.6 Å². The van der Waals surface area contributed by atoms with E-state index in [1.807, 2.05) is 42.5 Å². The molecular weight excluding hydrogens is 648 g/mol. The number of benzene rings is 3. The van der Waals surface area contributed by atoms with Gasteiger partial charge in [-0.15, -0.1) is 0 Å². The standard InChI is InChI=1S/C39H42N6O6/c1-43-24-37(48)45-23-31(42-35(46)20-27-7-8-28-5-3-4-6-30(28)19-27)21-32(45)25-51-33-11-9-29(10-12-33)39(50)44(2)34(13-14-36(43)47)38(49)41-22-26-15-17-40-18-16-26/h3-12,15-19,31-32,34H,13-14,20-25H2,1-2H3,(H,41,49)(H,42,46)/t31-,32+,34+/m1/s1. The minimum Gasteiger partial charge on any atom is -0.491 e. The van der Waals surface area contributed by atoms with Gasteiger partial charge in [-0.25, -0.2) is 0 Å². The summed E-state index contributed by atoms with van der Waals surface area (Å²) in [5, 5.41) is 8.14. The van der Waals surface area contributed by atoms with Crippen LogP contribution >= 0.6 is 0 Å². The van der Waals surface area contributed by atoms with Crippen molar-refractivity contribution in [2.75, 3.05) is 33.8 Å². The molecule has 2 bridgehead atoms. The number of carbonyl (C=O) groups is 5. The van der Waals surface area contributed by atoms with Crippen LogP contribution in [-0.4, -0.2) is 101 Å². The Labute approximate surface area is 296 Å². The first-order valence-electron chi connectivity index (χ1n) is 17.1. The van der Waals surface area contributed by atoms with Crippen LogP contribution in [0.4, 0.5) is 0 Å². The average molecular weight is 691 g/mol. The van der Waals surface area contributed by atoms with Crippen molar-refractivity contribution in [3.05, 3.63) is 108 Å². The van der Waals surface area contributed by atoms with Gasteiger partial charge >= 0.3 is 0 Å². The molecule has 0 spiro atoms. The molecule has 1 saturated heterocycles. The molecular formula is C39H42N6O6. The monoisotopic (exact) mass is 690 g/mol. The van der Waals surface area contributed by atoms with Crippen molar-refractivity contribution in [3.8, 4) is 5.75 Å². The second-order valence-corrected chi connectivity index (χ2v) is 13.2. The number of amides is 5. The lowest BCUT2D eigenvalue weighted by Crippen LogP contribution is -2.48. The van der Waals surface area contributed by atoms with Crippen LogP contribution in [0.15, 0.2) is 91.3 Å². The van der Waals surface area contributed by atoms with Gasteiger partial charge in [0.25, 0.3) is 5.91 Å². The number of hydrogen-bond donors (Lipinski definition) is 2. The maximum absolute atomic E-state index is 13.7. The zero-order valence-electron chi connectivity index (χ0n) is 28.8. The van der Waals surface area contributed by atoms with Crippen molar-refractivity contribution in [1.82, 2.24) is 30.3 Å². The number of fused-ring (bicyclic) bond motifs is 12. The molecule has 3 aromatic carbocycles. The van der Waals surface area contributed by atoms with E-state index in [1.165, 1.54) is 9.80 Å². The molecule has 3 aliphatic rings. The number of likely N-dealkylation sites (N-methyl/N-ethyl adjacent to an activating group) is 2. The molecule has 7 rings (SSSR count). The van der Waals surface area contributed by atoms with E-state index in [0.29, 0.717) is 17.7 Å². The molecule has 51 heavy (non-hydrogen) atoms. The van der Waals surface area contributed by atoms with Gasteiger partial charge in [-0.1, -0.05) is 42.5 Å². The van der Waals surface area contributed by atoms with E-state index < -0.39 is 11.9 Å². The fraction of sp³-hybridized carbons (Fsp3) is 0.333. The molecule has 264 valence electrons. The summed E-state index contributed by atoms with van der Waals surface area (Å²) < 4.78 is 6.10. The van der Waals surface area contributed by atoms with Crippen LogP contribution in [0, 0.1) is 0 Å². The lowest BCUT2D eigenvalue weighted by molar-refractivity contribution is -0.140. The zero-order chi connectivity index (χ0) is 35.9. The highest BCUT2D eigenvalue weighted by molar-refractivity contribution is 5.97. The molecule has 2 N–H and O–H groups in total. The predicted molar refractivity (Wildman–Crippen MR) is 190 cm³/mol. The highest BCUT2D eigenvalue weighted by atomic mass is 16.5. The molecule has 0 aliphatic carbocycles. The third kappa shape index (κ3) is 8.69. The van der Waals surface area contributed by atoms with Gasteiger partial charge in [-0.05, 0) is 71.1 Å². The maximum atomic E-state index is 13.7. The Morgan fingerprint density at radius 3 is 2.39 bits per heavy atom. The normalized spacial score (nSPS) is 20.2. The summed E-state index contributed by atoms with van der Waals surface area (Å²) in [5.74, 6) is -1.03. The first kappa shape index (κ1) is 35.1. The van der Waals surface area contributed by atoms with Crippen LogP contribution in [0.5, 0.6) is 5.75 Å². The van der Waals surface area contributed by atoms with Crippen molar-refractivity contribution in [2.45, 2.75) is 50.4 Å². The largest absolute Gasteiger partial charge is 0.491 e. The van der Waals surface area contributed by atoms with E-state index in [1.54, 1.807) is 67.8 Å². The van der Waals surface area contributed by atoms with E-state index in [2.05, 4.69) is 15.6 Å². The minimum absolute atomic E-state index is 0.0562. The Bertz CT molecular complexity index is 1900. The van der Waals surface area contributed by atoms with Crippen LogP contribution in [-0.2, 0) is 32.1 Å². The van der Waals surface area contributed by atoms with Gasteiger partial charge in [-0.2, -0.15) is 0 Å². The van der Waals surface area contributed by atoms with Crippen molar-refractivity contribution in [3.63, 3.8) is 0 Å². The summed E-state index contributed by atoms with van der Waals surface area (Å²) in [4.78, 5) is 75.5. The summed E-state index contributed by atoms with van der Waals surface area (Å²) in [6.07, 6.45) is 3.93. The quantitative estimate of drug-likeness (QED) is 0.317. The lowest BCUT2D eigenvalue weighted by Gasteiger charge is -2.28. The summed E-state index contributed by atoms with van der Waals surface area (Å²) >= 11 is 0. The summed E-state index contributed by atoms with van der Waals surface area (Å²) in [5.41, 5.74) is 2.09. The second kappa shape index (κ2) is 15.8. The Morgan fingerprint density at radius 2 is 1.63 bits per heavy atom. The Hall–Kier alpha value is -5.78. The van der Waals surface area contributed by atoms with E-state index in [0.717, 1.165) is 21.9 Å². The number of nitrogens with one attached hydrogen (secondary N) is 2. The third-order valence-electron chi connectivity index (χ3n) is 9.56. The summed E-state index contributed by atoms with van der Waals surface area (Å²) in [6.45, 7) is 0.481. The number of pyridine rings is 1. The summed E-state index contributed by atoms with van der Waals surface area (Å²) in [7, 11) is 3.09. The fourth-order valence-electron chi connectivity index (χ4n) is 6.67. The van der Waals surface area contributed by atoms with E-state index in [9.17, 15) is 24.0 Å². The maximum Gasteiger partial charge on any atom is 0.254 e. The second-order valence-electron chi connectivity index (χ2n) is 13.2. The van der Waals surface area contributed by atoms with E-state index >= 15 is 0 Å². The fourth-order valence-corrected chi connectivity index (χ4v) is 6.67. The molecule has 4 aromatic rings. The molecule has 3 atom stereocenters. The number of rotatable bonds is 6. The molecule has 1 fully saturated rings. The number of hydrogen-bond acceptors (Lipinski definition) is 7. The van der Waals surface area contributed by atoms with E-state index in [4.69, 9.17) is 4.74 Å². The molecule has 12 heteroatoms. The molecule has 4 heterocycles. The first-order valence-corrected chi connectivity index (χ1v) is 17.1. The number of carbonyl (C=O) groups excluding carboxylic acids is 5. The van der Waals surface area contributed by atoms with Crippen molar-refractivity contribution >= 4 is 40.3 Å². The highest BCUT2D eigenvalue weighted by Crippen LogP contribution is 2.23. The minimum atomic E-state index is -0.944. The summed E-state index contributed by atoms with van der Waals surface area (Å²) in [6, 6.07) is 22.5. The molecule has 0 radical (unpaired) electrons. The van der Waals surface area contributed by atoms with E-state index in [-0.39, 0.29) is 81.2 Å². The molecule has 3 aliphatic heterocycles. The first-order chi connectivity index (χ1) is 24.6. The van der Waals surface area contributed by atoms with Crippen LogP contribution in [0.25, 0.3) is 10.8 Å². The smallest absolute Gasteiger partial charge is 0.254 e.